The third-order valence-corrected chi connectivity index (χ3v) is 3.03. The summed E-state index contributed by atoms with van der Waals surface area (Å²) in [6.45, 7) is 7.82. The molecule has 0 saturated heterocycles. The molecule has 2 amide bonds. The lowest BCUT2D eigenvalue weighted by atomic mass is 9.84. The number of hydrogen-bond acceptors (Lipinski definition) is 3. The van der Waals surface area contributed by atoms with Crippen LogP contribution in [0.1, 0.15) is 45.9 Å². The second kappa shape index (κ2) is 7.15. The molecule has 0 radical (unpaired) electrons. The first kappa shape index (κ1) is 17.1. The Bertz CT molecular complexity index is 463. The number of rotatable bonds is 6. The van der Waals surface area contributed by atoms with Gasteiger partial charge in [0.05, 0.1) is 18.2 Å². The van der Waals surface area contributed by atoms with Gasteiger partial charge in [0.25, 0.3) is 0 Å². The molecule has 0 saturated carbocycles. The molecular weight excluding hydrogens is 272 g/mol. The summed E-state index contributed by atoms with van der Waals surface area (Å²) in [7, 11) is 0. The molecule has 6 nitrogen and oxygen atoms in total. The van der Waals surface area contributed by atoms with Crippen LogP contribution in [-0.4, -0.2) is 23.7 Å². The zero-order valence-electron chi connectivity index (χ0n) is 13.0. The van der Waals surface area contributed by atoms with Gasteiger partial charge in [-0.1, -0.05) is 20.8 Å². The van der Waals surface area contributed by atoms with E-state index in [2.05, 4.69) is 10.6 Å². The number of hydrogen-bond donors (Lipinski definition) is 3. The van der Waals surface area contributed by atoms with E-state index >= 15 is 0 Å². The number of nitrogens with one attached hydrogen (secondary N) is 2. The molecule has 0 aliphatic carbocycles. The van der Waals surface area contributed by atoms with Crippen LogP contribution in [0.4, 0.5) is 4.79 Å². The van der Waals surface area contributed by atoms with Gasteiger partial charge in [-0.15, -0.1) is 0 Å². The van der Waals surface area contributed by atoms with Crippen LogP contribution in [0.3, 0.4) is 0 Å². The van der Waals surface area contributed by atoms with Gasteiger partial charge in [-0.05, 0) is 30.9 Å². The second-order valence-electron chi connectivity index (χ2n) is 6.39. The third-order valence-electron chi connectivity index (χ3n) is 3.03. The van der Waals surface area contributed by atoms with Crippen molar-refractivity contribution in [3.05, 3.63) is 24.2 Å². The van der Waals surface area contributed by atoms with E-state index in [1.807, 2.05) is 20.8 Å². The number of carboxylic acids is 1. The first-order valence-corrected chi connectivity index (χ1v) is 6.99. The van der Waals surface area contributed by atoms with Gasteiger partial charge >= 0.3 is 12.0 Å². The van der Waals surface area contributed by atoms with Gasteiger partial charge in [-0.2, -0.15) is 0 Å². The number of urea groups is 1. The van der Waals surface area contributed by atoms with Crippen molar-refractivity contribution in [2.45, 2.75) is 40.2 Å². The van der Waals surface area contributed by atoms with Gasteiger partial charge in [-0.25, -0.2) is 4.79 Å². The van der Waals surface area contributed by atoms with Crippen molar-refractivity contribution in [2.24, 2.45) is 11.3 Å². The van der Waals surface area contributed by atoms with Crippen LogP contribution in [0, 0.1) is 11.3 Å². The topological polar surface area (TPSA) is 91.6 Å². The highest BCUT2D eigenvalue weighted by molar-refractivity contribution is 5.76. The highest BCUT2D eigenvalue weighted by Crippen LogP contribution is 2.24. The fraction of sp³-hybridized carbons (Fsp3) is 0.600. The number of carboxylic acid groups (broad SMARTS) is 1. The number of carbonyl (C=O) groups is 2. The summed E-state index contributed by atoms with van der Waals surface area (Å²) >= 11 is 0. The smallest absolute Gasteiger partial charge is 0.315 e. The fourth-order valence-electron chi connectivity index (χ4n) is 2.06. The lowest BCUT2D eigenvalue weighted by Crippen LogP contribution is -2.41. The van der Waals surface area contributed by atoms with Gasteiger partial charge < -0.3 is 20.2 Å². The summed E-state index contributed by atoms with van der Waals surface area (Å²) in [5, 5.41) is 14.5. The predicted molar refractivity (Wildman–Crippen MR) is 78.9 cm³/mol. The van der Waals surface area contributed by atoms with E-state index in [0.29, 0.717) is 12.2 Å². The summed E-state index contributed by atoms with van der Waals surface area (Å²) in [6.07, 6.45) is 2.03. The first-order valence-electron chi connectivity index (χ1n) is 6.99. The third kappa shape index (κ3) is 6.33. The average Bonchev–Trinajstić information content (AvgIpc) is 2.86. The Hall–Kier alpha value is -1.98. The zero-order valence-corrected chi connectivity index (χ0v) is 13.0. The van der Waals surface area contributed by atoms with Gasteiger partial charge in [0.1, 0.15) is 5.76 Å². The summed E-state index contributed by atoms with van der Waals surface area (Å²) < 4.78 is 5.19. The molecule has 1 rings (SSSR count). The molecule has 3 N–H and O–H groups in total. The van der Waals surface area contributed by atoms with Crippen molar-refractivity contribution in [2.75, 3.05) is 6.54 Å². The van der Waals surface area contributed by atoms with E-state index in [4.69, 9.17) is 4.42 Å². The fourth-order valence-corrected chi connectivity index (χ4v) is 2.06. The van der Waals surface area contributed by atoms with Crippen LogP contribution >= 0.6 is 0 Å². The maximum absolute atomic E-state index is 11.8. The standard InChI is InChI=1S/C15H24N2O4/c1-10(12-6-5-7-21-12)17-14(20)16-9-11(13(18)19)8-15(2,3)4/h5-7,10-11H,8-9H2,1-4H3,(H,18,19)(H2,16,17,20). The van der Waals surface area contributed by atoms with Crippen LogP contribution in [-0.2, 0) is 4.79 Å². The minimum Gasteiger partial charge on any atom is -0.481 e. The molecule has 2 atom stereocenters. The Morgan fingerprint density at radius 2 is 2.05 bits per heavy atom. The molecule has 118 valence electrons. The Labute approximate surface area is 124 Å². The largest absolute Gasteiger partial charge is 0.481 e. The van der Waals surface area contributed by atoms with E-state index < -0.39 is 17.9 Å². The van der Waals surface area contributed by atoms with Gasteiger partial charge in [0, 0.05) is 6.54 Å². The molecule has 0 aliphatic rings. The van der Waals surface area contributed by atoms with Crippen molar-refractivity contribution in [1.82, 2.24) is 10.6 Å². The predicted octanol–water partition coefficient (Wildman–Crippen LogP) is 2.78. The maximum atomic E-state index is 11.8. The van der Waals surface area contributed by atoms with Crippen LogP contribution < -0.4 is 10.6 Å². The summed E-state index contributed by atoms with van der Waals surface area (Å²) in [4.78, 5) is 23.0. The van der Waals surface area contributed by atoms with Crippen molar-refractivity contribution in [3.63, 3.8) is 0 Å². The van der Waals surface area contributed by atoms with E-state index in [9.17, 15) is 14.7 Å². The molecule has 0 aliphatic heterocycles. The van der Waals surface area contributed by atoms with Crippen LogP contribution in [0.25, 0.3) is 0 Å². The Kier molecular flexibility index (Phi) is 5.81. The lowest BCUT2D eigenvalue weighted by molar-refractivity contribution is -0.142. The minimum absolute atomic E-state index is 0.101. The lowest BCUT2D eigenvalue weighted by Gasteiger charge is -2.23. The van der Waals surface area contributed by atoms with Crippen LogP contribution in [0.5, 0.6) is 0 Å². The molecule has 0 bridgehead atoms. The minimum atomic E-state index is -0.899. The van der Waals surface area contributed by atoms with Crippen molar-refractivity contribution >= 4 is 12.0 Å². The molecule has 1 heterocycles. The van der Waals surface area contributed by atoms with Crippen LogP contribution in [0.15, 0.2) is 22.8 Å². The Morgan fingerprint density at radius 3 is 2.52 bits per heavy atom. The molecular formula is C15H24N2O4. The van der Waals surface area contributed by atoms with Crippen molar-refractivity contribution in [3.8, 4) is 0 Å². The first-order chi connectivity index (χ1) is 9.69. The van der Waals surface area contributed by atoms with Crippen molar-refractivity contribution in [1.29, 1.82) is 0 Å². The number of amides is 2. The quantitative estimate of drug-likeness (QED) is 0.752. The Balaban J connectivity index is 2.45. The zero-order chi connectivity index (χ0) is 16.0. The summed E-state index contributed by atoms with van der Waals surface area (Å²) in [5.41, 5.74) is -0.108. The molecule has 2 unspecified atom stereocenters. The van der Waals surface area contributed by atoms with Crippen LogP contribution in [0.2, 0.25) is 0 Å². The van der Waals surface area contributed by atoms with E-state index in [1.165, 1.54) is 6.26 Å². The molecule has 21 heavy (non-hydrogen) atoms. The molecule has 0 spiro atoms. The van der Waals surface area contributed by atoms with Crippen molar-refractivity contribution < 1.29 is 19.1 Å². The SMILES string of the molecule is CC(NC(=O)NCC(CC(C)(C)C)C(=O)O)c1ccco1. The van der Waals surface area contributed by atoms with E-state index in [0.717, 1.165) is 0 Å². The highest BCUT2D eigenvalue weighted by Gasteiger charge is 2.25. The Morgan fingerprint density at radius 1 is 1.38 bits per heavy atom. The van der Waals surface area contributed by atoms with Gasteiger partial charge in [0.2, 0.25) is 0 Å². The maximum Gasteiger partial charge on any atom is 0.315 e. The number of carbonyl (C=O) groups excluding carboxylic acids is 1. The normalized spacial score (nSPS) is 14.3. The summed E-state index contributed by atoms with van der Waals surface area (Å²) in [5.74, 6) is -0.853. The van der Waals surface area contributed by atoms with Gasteiger partial charge in [-0.3, -0.25) is 4.79 Å². The molecule has 6 heteroatoms. The van der Waals surface area contributed by atoms with Gasteiger partial charge in [0.15, 0.2) is 0 Å². The molecule has 0 fully saturated rings. The average molecular weight is 296 g/mol. The molecule has 1 aromatic rings. The number of aliphatic carboxylic acids is 1. The molecule has 1 aromatic heterocycles. The monoisotopic (exact) mass is 296 g/mol. The summed E-state index contributed by atoms with van der Waals surface area (Å²) in [6, 6.07) is 2.84. The second-order valence-corrected chi connectivity index (χ2v) is 6.39. The van der Waals surface area contributed by atoms with E-state index in [1.54, 1.807) is 19.1 Å². The molecule has 0 aromatic carbocycles. The number of furan rings is 1. The highest BCUT2D eigenvalue weighted by atomic mass is 16.4. The van der Waals surface area contributed by atoms with E-state index in [-0.39, 0.29) is 18.0 Å².